The van der Waals surface area contributed by atoms with Gasteiger partial charge < -0.3 is 18.9 Å². The van der Waals surface area contributed by atoms with Crippen LogP contribution >= 0.6 is 11.6 Å². The fourth-order valence-electron chi connectivity index (χ4n) is 2.61. The quantitative estimate of drug-likeness (QED) is 0.269. The topological polar surface area (TPSA) is 54.0 Å². The summed E-state index contributed by atoms with van der Waals surface area (Å²) in [5, 5.41) is 0.679. The van der Waals surface area contributed by atoms with E-state index in [1.807, 2.05) is 30.3 Å². The van der Waals surface area contributed by atoms with Gasteiger partial charge in [0.25, 0.3) is 0 Å². The van der Waals surface area contributed by atoms with Gasteiger partial charge >= 0.3 is 5.97 Å². The number of halogens is 1. The van der Waals surface area contributed by atoms with Crippen LogP contribution in [-0.4, -0.2) is 20.2 Å². The van der Waals surface area contributed by atoms with Crippen molar-refractivity contribution in [1.29, 1.82) is 0 Å². The number of hydrogen-bond donors (Lipinski definition) is 0. The van der Waals surface area contributed by atoms with Gasteiger partial charge in [0.15, 0.2) is 11.5 Å². The molecule has 0 atom stereocenters. The first kappa shape index (κ1) is 21.3. The molecule has 0 N–H and O–H groups in total. The predicted molar refractivity (Wildman–Crippen MR) is 116 cm³/mol. The Morgan fingerprint density at radius 3 is 2.23 bits per heavy atom. The summed E-state index contributed by atoms with van der Waals surface area (Å²) in [5.41, 5.74) is 1.77. The van der Waals surface area contributed by atoms with Crippen molar-refractivity contribution in [2.75, 3.05) is 14.2 Å². The maximum absolute atomic E-state index is 12.0. The van der Waals surface area contributed by atoms with Crippen LogP contribution in [0.25, 0.3) is 6.08 Å². The molecule has 0 bridgehead atoms. The minimum Gasteiger partial charge on any atom is -0.497 e. The van der Waals surface area contributed by atoms with Crippen LogP contribution in [0.5, 0.6) is 23.0 Å². The largest absolute Gasteiger partial charge is 0.497 e. The van der Waals surface area contributed by atoms with E-state index in [0.717, 1.165) is 11.1 Å². The van der Waals surface area contributed by atoms with Crippen LogP contribution in [0.2, 0.25) is 5.02 Å². The van der Waals surface area contributed by atoms with Crippen LogP contribution < -0.4 is 18.9 Å². The highest BCUT2D eigenvalue weighted by Crippen LogP contribution is 2.29. The van der Waals surface area contributed by atoms with E-state index >= 15 is 0 Å². The lowest BCUT2D eigenvalue weighted by molar-refractivity contribution is -0.128. The Balaban J connectivity index is 1.61. The lowest BCUT2D eigenvalue weighted by atomic mass is 10.2. The summed E-state index contributed by atoms with van der Waals surface area (Å²) in [4.78, 5) is 12.0. The zero-order valence-electron chi connectivity index (χ0n) is 16.6. The summed E-state index contributed by atoms with van der Waals surface area (Å²) in [6.07, 6.45) is 3.00. The van der Waals surface area contributed by atoms with Crippen LogP contribution in [0.4, 0.5) is 0 Å². The normalized spacial score (nSPS) is 10.6. The van der Waals surface area contributed by atoms with Crippen molar-refractivity contribution in [3.05, 3.63) is 89.0 Å². The third kappa shape index (κ3) is 6.03. The first-order valence-electron chi connectivity index (χ1n) is 9.16. The first-order valence-corrected chi connectivity index (χ1v) is 9.54. The third-order valence-electron chi connectivity index (χ3n) is 4.19. The summed E-state index contributed by atoms with van der Waals surface area (Å²) in [6.45, 7) is 0.386. The SMILES string of the molecule is COc1ccc(OC(=O)/C=C/c2ccc(OCc3ccc(Cl)cc3)c(OC)c2)cc1. The van der Waals surface area contributed by atoms with E-state index in [1.54, 1.807) is 56.7 Å². The number of benzene rings is 3. The van der Waals surface area contributed by atoms with Crippen molar-refractivity contribution < 1.29 is 23.7 Å². The summed E-state index contributed by atoms with van der Waals surface area (Å²) in [7, 11) is 3.14. The fourth-order valence-corrected chi connectivity index (χ4v) is 2.73. The van der Waals surface area contributed by atoms with Crippen molar-refractivity contribution in [2.45, 2.75) is 6.61 Å². The standard InChI is InChI=1S/C24H21ClO5/c1-27-20-9-11-21(12-10-20)30-24(26)14-6-17-5-13-22(23(15-17)28-2)29-16-18-3-7-19(25)8-4-18/h3-15H,16H2,1-2H3/b14-6+. The molecule has 0 aliphatic heterocycles. The second-order valence-electron chi connectivity index (χ2n) is 6.26. The van der Waals surface area contributed by atoms with E-state index < -0.39 is 5.97 Å². The summed E-state index contributed by atoms with van der Waals surface area (Å²) in [5.74, 6) is 1.81. The monoisotopic (exact) mass is 424 g/mol. The van der Waals surface area contributed by atoms with E-state index in [-0.39, 0.29) is 0 Å². The van der Waals surface area contributed by atoms with E-state index in [0.29, 0.717) is 34.6 Å². The molecule has 154 valence electrons. The van der Waals surface area contributed by atoms with E-state index in [9.17, 15) is 4.79 Å². The molecule has 3 aromatic rings. The maximum atomic E-state index is 12.0. The number of ether oxygens (including phenoxy) is 4. The molecular weight excluding hydrogens is 404 g/mol. The van der Waals surface area contributed by atoms with Crippen LogP contribution in [0, 0.1) is 0 Å². The van der Waals surface area contributed by atoms with Gasteiger partial charge in [0.1, 0.15) is 18.1 Å². The zero-order chi connectivity index (χ0) is 21.3. The lowest BCUT2D eigenvalue weighted by Crippen LogP contribution is -2.03. The van der Waals surface area contributed by atoms with Crippen LogP contribution in [0.15, 0.2) is 72.8 Å². The van der Waals surface area contributed by atoms with E-state index in [4.69, 9.17) is 30.5 Å². The first-order chi connectivity index (χ1) is 14.6. The van der Waals surface area contributed by atoms with Gasteiger partial charge in [-0.05, 0) is 65.7 Å². The average molecular weight is 425 g/mol. The number of rotatable bonds is 8. The van der Waals surface area contributed by atoms with E-state index in [1.165, 1.54) is 6.08 Å². The number of esters is 1. The molecule has 0 radical (unpaired) electrons. The smallest absolute Gasteiger partial charge is 0.336 e. The summed E-state index contributed by atoms with van der Waals surface area (Å²) in [6, 6.07) is 19.6. The summed E-state index contributed by atoms with van der Waals surface area (Å²) < 4.78 is 21.6. The van der Waals surface area contributed by atoms with Gasteiger partial charge in [-0.15, -0.1) is 0 Å². The molecule has 0 aliphatic rings. The molecule has 0 spiro atoms. The zero-order valence-corrected chi connectivity index (χ0v) is 17.4. The van der Waals surface area contributed by atoms with Gasteiger partial charge in [-0.3, -0.25) is 0 Å². The van der Waals surface area contributed by atoms with Crippen LogP contribution in [0.1, 0.15) is 11.1 Å². The van der Waals surface area contributed by atoms with Gasteiger partial charge in [-0.25, -0.2) is 4.79 Å². The van der Waals surface area contributed by atoms with Crippen molar-refractivity contribution in [3.63, 3.8) is 0 Å². The Morgan fingerprint density at radius 1 is 0.867 bits per heavy atom. The molecule has 0 fully saturated rings. The van der Waals surface area contributed by atoms with Crippen LogP contribution in [0.3, 0.4) is 0 Å². The minimum absolute atomic E-state index is 0.386. The predicted octanol–water partition coefficient (Wildman–Crippen LogP) is 5.56. The Kier molecular flexibility index (Phi) is 7.35. The molecule has 3 rings (SSSR count). The second-order valence-corrected chi connectivity index (χ2v) is 6.69. The maximum Gasteiger partial charge on any atom is 0.336 e. The Hall–Kier alpha value is -3.44. The van der Waals surface area contributed by atoms with Gasteiger partial charge in [-0.2, -0.15) is 0 Å². The van der Waals surface area contributed by atoms with Crippen molar-refractivity contribution >= 4 is 23.6 Å². The molecule has 0 amide bonds. The molecule has 3 aromatic carbocycles. The van der Waals surface area contributed by atoms with Crippen LogP contribution in [-0.2, 0) is 11.4 Å². The highest BCUT2D eigenvalue weighted by molar-refractivity contribution is 6.30. The molecule has 0 aliphatic carbocycles. The Morgan fingerprint density at radius 2 is 1.57 bits per heavy atom. The highest BCUT2D eigenvalue weighted by atomic mass is 35.5. The van der Waals surface area contributed by atoms with Gasteiger partial charge in [0.2, 0.25) is 0 Å². The number of carbonyl (C=O) groups excluding carboxylic acids is 1. The molecule has 0 unspecified atom stereocenters. The second kappa shape index (κ2) is 10.4. The summed E-state index contributed by atoms with van der Waals surface area (Å²) >= 11 is 5.90. The van der Waals surface area contributed by atoms with Crippen molar-refractivity contribution in [1.82, 2.24) is 0 Å². The number of hydrogen-bond acceptors (Lipinski definition) is 5. The lowest BCUT2D eigenvalue weighted by Gasteiger charge is -2.11. The average Bonchev–Trinajstić information content (AvgIpc) is 2.78. The number of methoxy groups -OCH3 is 2. The van der Waals surface area contributed by atoms with Gasteiger partial charge in [-0.1, -0.05) is 29.8 Å². The molecular formula is C24H21ClO5. The molecule has 0 heterocycles. The van der Waals surface area contributed by atoms with E-state index in [2.05, 4.69) is 0 Å². The molecule has 0 saturated carbocycles. The molecule has 6 heteroatoms. The van der Waals surface area contributed by atoms with Gasteiger partial charge in [0, 0.05) is 11.1 Å². The Labute approximate surface area is 180 Å². The van der Waals surface area contributed by atoms with Crippen molar-refractivity contribution in [3.8, 4) is 23.0 Å². The third-order valence-corrected chi connectivity index (χ3v) is 4.44. The molecule has 30 heavy (non-hydrogen) atoms. The fraction of sp³-hybridized carbons (Fsp3) is 0.125. The van der Waals surface area contributed by atoms with Crippen molar-refractivity contribution in [2.24, 2.45) is 0 Å². The minimum atomic E-state index is -0.484. The number of carbonyl (C=O) groups is 1. The highest BCUT2D eigenvalue weighted by Gasteiger charge is 2.07. The molecule has 5 nitrogen and oxygen atoms in total. The van der Waals surface area contributed by atoms with Gasteiger partial charge in [0.05, 0.1) is 14.2 Å². The molecule has 0 saturated heterocycles. The Bertz CT molecular complexity index is 1010. The molecule has 0 aromatic heterocycles.